The summed E-state index contributed by atoms with van der Waals surface area (Å²) in [5.41, 5.74) is 4.96. The number of carbonyl (C=O) groups excluding carboxylic acids is 1. The molecule has 0 aliphatic carbocycles. The zero-order chi connectivity index (χ0) is 18.0. The number of amides is 2. The molecule has 4 heteroatoms. The van der Waals surface area contributed by atoms with Gasteiger partial charge in [0.25, 0.3) is 0 Å². The third-order valence-electron chi connectivity index (χ3n) is 4.56. The summed E-state index contributed by atoms with van der Waals surface area (Å²) in [6.45, 7) is 6.58. The number of para-hydroxylation sites is 2. The molecular formula is C21H24N2O2. The Bertz CT molecular complexity index is 891. The number of nitrogens with one attached hydrogen (secondary N) is 1. The van der Waals surface area contributed by atoms with Crippen molar-refractivity contribution in [2.24, 2.45) is 0 Å². The van der Waals surface area contributed by atoms with Crippen molar-refractivity contribution in [2.45, 2.75) is 33.7 Å². The molecule has 0 aliphatic rings. The molecule has 3 rings (SSSR count). The van der Waals surface area contributed by atoms with Crippen LogP contribution in [0, 0.1) is 13.8 Å². The van der Waals surface area contributed by atoms with E-state index in [1.54, 1.807) is 4.90 Å². The molecule has 3 aromatic rings. The van der Waals surface area contributed by atoms with Gasteiger partial charge >= 0.3 is 6.03 Å². The minimum atomic E-state index is -0.121. The lowest BCUT2D eigenvalue weighted by molar-refractivity contribution is 0.220. The molecule has 0 bridgehead atoms. The van der Waals surface area contributed by atoms with E-state index < -0.39 is 0 Å². The summed E-state index contributed by atoms with van der Waals surface area (Å²) in [6.07, 6.45) is 0.802. The Morgan fingerprint density at radius 2 is 1.76 bits per heavy atom. The van der Waals surface area contributed by atoms with Crippen molar-refractivity contribution in [1.29, 1.82) is 0 Å². The normalized spacial score (nSPS) is 10.9. The molecule has 0 saturated heterocycles. The second-order valence-electron chi connectivity index (χ2n) is 6.41. The van der Waals surface area contributed by atoms with Crippen LogP contribution in [0.1, 0.15) is 29.4 Å². The van der Waals surface area contributed by atoms with Gasteiger partial charge in [-0.05, 0) is 31.0 Å². The maximum absolute atomic E-state index is 12.7. The van der Waals surface area contributed by atoms with Crippen LogP contribution in [0.15, 0.2) is 46.9 Å². The molecule has 0 spiro atoms. The number of fused-ring (bicyclic) bond motifs is 1. The Morgan fingerprint density at radius 1 is 1.08 bits per heavy atom. The Labute approximate surface area is 148 Å². The zero-order valence-corrected chi connectivity index (χ0v) is 15.2. The standard InChI is InChI=1S/C21H24N2O2/c1-5-18-17(16-11-6-7-12-19(16)25-18)13-23(4)21(24)22-20-14(2)9-8-10-15(20)3/h6-12H,5,13H2,1-4H3,(H,22,24). The van der Waals surface area contributed by atoms with Gasteiger partial charge in [-0.2, -0.15) is 0 Å². The van der Waals surface area contributed by atoms with Gasteiger partial charge in [-0.25, -0.2) is 4.79 Å². The zero-order valence-electron chi connectivity index (χ0n) is 15.2. The number of aryl methyl sites for hydroxylation is 3. The van der Waals surface area contributed by atoms with Crippen LogP contribution in [-0.4, -0.2) is 18.0 Å². The number of hydrogen-bond acceptors (Lipinski definition) is 2. The molecule has 2 amide bonds. The van der Waals surface area contributed by atoms with Crippen LogP contribution in [0.25, 0.3) is 11.0 Å². The lowest BCUT2D eigenvalue weighted by Crippen LogP contribution is -2.31. The van der Waals surface area contributed by atoms with Gasteiger partial charge in [0.15, 0.2) is 0 Å². The third-order valence-corrected chi connectivity index (χ3v) is 4.56. The number of anilines is 1. The Morgan fingerprint density at radius 3 is 2.44 bits per heavy atom. The van der Waals surface area contributed by atoms with Crippen molar-refractivity contribution in [3.8, 4) is 0 Å². The smallest absolute Gasteiger partial charge is 0.321 e. The first-order valence-corrected chi connectivity index (χ1v) is 8.59. The van der Waals surface area contributed by atoms with Gasteiger partial charge in [-0.15, -0.1) is 0 Å². The van der Waals surface area contributed by atoms with E-state index in [9.17, 15) is 4.79 Å². The molecule has 1 aromatic heterocycles. The summed E-state index contributed by atoms with van der Waals surface area (Å²) < 4.78 is 5.93. The predicted molar refractivity (Wildman–Crippen MR) is 102 cm³/mol. The Kier molecular flexibility index (Phi) is 4.79. The highest BCUT2D eigenvalue weighted by atomic mass is 16.3. The monoisotopic (exact) mass is 336 g/mol. The van der Waals surface area contributed by atoms with Crippen molar-refractivity contribution < 1.29 is 9.21 Å². The highest BCUT2D eigenvalue weighted by Gasteiger charge is 2.18. The highest BCUT2D eigenvalue weighted by Crippen LogP contribution is 2.27. The van der Waals surface area contributed by atoms with E-state index in [-0.39, 0.29) is 6.03 Å². The van der Waals surface area contributed by atoms with Crippen molar-refractivity contribution in [3.05, 3.63) is 64.9 Å². The second-order valence-corrected chi connectivity index (χ2v) is 6.41. The minimum absolute atomic E-state index is 0.121. The maximum Gasteiger partial charge on any atom is 0.321 e. The van der Waals surface area contributed by atoms with Crippen LogP contribution in [0.5, 0.6) is 0 Å². The quantitative estimate of drug-likeness (QED) is 0.705. The van der Waals surface area contributed by atoms with Crippen LogP contribution >= 0.6 is 0 Å². The van der Waals surface area contributed by atoms with Gasteiger partial charge < -0.3 is 14.6 Å². The van der Waals surface area contributed by atoms with E-state index in [1.807, 2.05) is 63.4 Å². The van der Waals surface area contributed by atoms with Crippen LogP contribution in [0.4, 0.5) is 10.5 Å². The molecule has 0 aliphatic heterocycles. The van der Waals surface area contributed by atoms with Gasteiger partial charge in [-0.1, -0.05) is 43.3 Å². The van der Waals surface area contributed by atoms with Crippen LogP contribution < -0.4 is 5.32 Å². The topological polar surface area (TPSA) is 45.5 Å². The molecule has 0 unspecified atom stereocenters. The van der Waals surface area contributed by atoms with E-state index >= 15 is 0 Å². The summed E-state index contributed by atoms with van der Waals surface area (Å²) in [4.78, 5) is 14.4. The molecule has 0 radical (unpaired) electrons. The summed E-state index contributed by atoms with van der Waals surface area (Å²) in [5, 5.41) is 4.11. The van der Waals surface area contributed by atoms with Crippen molar-refractivity contribution in [1.82, 2.24) is 4.90 Å². The van der Waals surface area contributed by atoms with Crippen molar-refractivity contribution >= 4 is 22.7 Å². The maximum atomic E-state index is 12.7. The number of nitrogens with zero attached hydrogens (tertiary/aromatic N) is 1. The molecule has 0 atom stereocenters. The lowest BCUT2D eigenvalue weighted by atomic mass is 10.1. The molecule has 25 heavy (non-hydrogen) atoms. The average molecular weight is 336 g/mol. The molecule has 1 heterocycles. The SMILES string of the molecule is CCc1oc2ccccc2c1CN(C)C(=O)Nc1c(C)cccc1C. The average Bonchev–Trinajstić information content (AvgIpc) is 2.96. The summed E-state index contributed by atoms with van der Waals surface area (Å²) in [6, 6.07) is 13.9. The predicted octanol–water partition coefficient (Wildman–Crippen LogP) is 5.28. The molecule has 1 N–H and O–H groups in total. The Balaban J connectivity index is 1.83. The van der Waals surface area contributed by atoms with Gasteiger partial charge in [-0.3, -0.25) is 0 Å². The summed E-state index contributed by atoms with van der Waals surface area (Å²) in [5.74, 6) is 0.938. The molecule has 130 valence electrons. The van der Waals surface area contributed by atoms with Gasteiger partial charge in [0, 0.05) is 30.1 Å². The van der Waals surface area contributed by atoms with E-state index in [1.165, 1.54) is 0 Å². The highest BCUT2D eigenvalue weighted by molar-refractivity contribution is 5.91. The lowest BCUT2D eigenvalue weighted by Gasteiger charge is -2.20. The van der Waals surface area contributed by atoms with E-state index in [4.69, 9.17) is 4.42 Å². The van der Waals surface area contributed by atoms with Gasteiger partial charge in [0.05, 0.1) is 6.54 Å². The number of hydrogen-bond donors (Lipinski definition) is 1. The molecule has 2 aromatic carbocycles. The second kappa shape index (κ2) is 7.01. The first kappa shape index (κ1) is 17.1. The number of urea groups is 1. The summed E-state index contributed by atoms with van der Waals surface area (Å²) in [7, 11) is 1.81. The van der Waals surface area contributed by atoms with Crippen molar-refractivity contribution in [2.75, 3.05) is 12.4 Å². The minimum Gasteiger partial charge on any atom is -0.461 e. The third kappa shape index (κ3) is 3.38. The van der Waals surface area contributed by atoms with E-state index in [0.29, 0.717) is 6.54 Å². The molecule has 0 fully saturated rings. The largest absolute Gasteiger partial charge is 0.461 e. The number of carbonyl (C=O) groups is 1. The first-order chi connectivity index (χ1) is 12.0. The van der Waals surface area contributed by atoms with Crippen LogP contribution in [0.3, 0.4) is 0 Å². The summed E-state index contributed by atoms with van der Waals surface area (Å²) >= 11 is 0. The van der Waals surface area contributed by atoms with Gasteiger partial charge in [0.2, 0.25) is 0 Å². The molecular weight excluding hydrogens is 312 g/mol. The number of rotatable bonds is 4. The number of furan rings is 1. The van der Waals surface area contributed by atoms with Crippen LogP contribution in [0.2, 0.25) is 0 Å². The van der Waals surface area contributed by atoms with E-state index in [0.717, 1.165) is 45.5 Å². The fourth-order valence-corrected chi connectivity index (χ4v) is 3.13. The van der Waals surface area contributed by atoms with E-state index in [2.05, 4.69) is 12.2 Å². The fourth-order valence-electron chi connectivity index (χ4n) is 3.13. The fraction of sp³-hybridized carbons (Fsp3) is 0.286. The van der Waals surface area contributed by atoms with Crippen molar-refractivity contribution in [3.63, 3.8) is 0 Å². The number of benzene rings is 2. The molecule has 0 saturated carbocycles. The van der Waals surface area contributed by atoms with Gasteiger partial charge in [0.1, 0.15) is 11.3 Å². The Hall–Kier alpha value is -2.75. The molecule has 4 nitrogen and oxygen atoms in total. The first-order valence-electron chi connectivity index (χ1n) is 8.59. The van der Waals surface area contributed by atoms with Crippen LogP contribution in [-0.2, 0) is 13.0 Å².